The van der Waals surface area contributed by atoms with Crippen molar-refractivity contribution in [2.24, 2.45) is 0 Å². The zero-order valence-corrected chi connectivity index (χ0v) is 14.4. The van der Waals surface area contributed by atoms with E-state index in [1.54, 1.807) is 14.2 Å². The third kappa shape index (κ3) is 4.30. The number of likely N-dealkylation sites (tertiary alicyclic amines) is 1. The largest absolute Gasteiger partial charge is 0.497 e. The summed E-state index contributed by atoms with van der Waals surface area (Å²) in [7, 11) is 3.38. The molecule has 0 amide bonds. The fourth-order valence-electron chi connectivity index (χ4n) is 3.31. The van der Waals surface area contributed by atoms with Crippen LogP contribution in [0.15, 0.2) is 36.5 Å². The highest BCUT2D eigenvalue weighted by Crippen LogP contribution is 2.27. The maximum Gasteiger partial charge on any atom is 0.154 e. The molecule has 0 bridgehead atoms. The van der Waals surface area contributed by atoms with Crippen LogP contribution in [0.5, 0.6) is 5.75 Å². The van der Waals surface area contributed by atoms with Crippen molar-refractivity contribution < 1.29 is 9.47 Å². The molecule has 1 saturated heterocycles. The van der Waals surface area contributed by atoms with Gasteiger partial charge in [0, 0.05) is 38.0 Å². The van der Waals surface area contributed by atoms with Crippen LogP contribution in [0.3, 0.4) is 0 Å². The molecule has 1 fully saturated rings. The molecule has 5 nitrogen and oxygen atoms in total. The van der Waals surface area contributed by atoms with Gasteiger partial charge in [-0.25, -0.2) is 9.97 Å². The maximum atomic E-state index is 5.32. The Labute approximate surface area is 143 Å². The summed E-state index contributed by atoms with van der Waals surface area (Å²) in [5.41, 5.74) is 2.42. The summed E-state index contributed by atoms with van der Waals surface area (Å²) < 4.78 is 10.5. The second-order valence-corrected chi connectivity index (χ2v) is 6.26. The average molecular weight is 327 g/mol. The molecular weight excluding hydrogens is 302 g/mol. The first-order valence-corrected chi connectivity index (χ1v) is 8.44. The summed E-state index contributed by atoms with van der Waals surface area (Å²) >= 11 is 0. The van der Waals surface area contributed by atoms with E-state index in [2.05, 4.69) is 33.1 Å². The molecule has 0 radical (unpaired) electrons. The summed E-state index contributed by atoms with van der Waals surface area (Å²) in [6.45, 7) is 3.57. The molecule has 0 spiro atoms. The highest BCUT2D eigenvalue weighted by molar-refractivity contribution is 5.28. The van der Waals surface area contributed by atoms with Gasteiger partial charge in [0.25, 0.3) is 0 Å². The normalized spacial score (nSPS) is 18.5. The molecule has 0 aliphatic carbocycles. The Hall–Kier alpha value is -1.98. The number of hydrogen-bond donors (Lipinski definition) is 0. The van der Waals surface area contributed by atoms with Gasteiger partial charge in [-0.1, -0.05) is 12.1 Å². The Morgan fingerprint density at radius 3 is 3.00 bits per heavy atom. The lowest BCUT2D eigenvalue weighted by atomic mass is 9.94. The van der Waals surface area contributed by atoms with Crippen molar-refractivity contribution in [1.82, 2.24) is 14.9 Å². The van der Waals surface area contributed by atoms with Gasteiger partial charge in [-0.05, 0) is 43.1 Å². The molecule has 1 unspecified atom stereocenters. The predicted octanol–water partition coefficient (Wildman–Crippen LogP) is 3.01. The fourth-order valence-corrected chi connectivity index (χ4v) is 3.31. The molecule has 2 heterocycles. The summed E-state index contributed by atoms with van der Waals surface area (Å²) in [6.07, 6.45) is 4.22. The Morgan fingerprint density at radius 1 is 1.25 bits per heavy atom. The van der Waals surface area contributed by atoms with Crippen molar-refractivity contribution >= 4 is 0 Å². The van der Waals surface area contributed by atoms with Gasteiger partial charge in [-0.2, -0.15) is 0 Å². The van der Waals surface area contributed by atoms with Gasteiger partial charge < -0.3 is 9.47 Å². The number of aromatic nitrogens is 2. The van der Waals surface area contributed by atoms with Gasteiger partial charge in [0.05, 0.1) is 7.11 Å². The van der Waals surface area contributed by atoms with E-state index in [1.165, 1.54) is 18.4 Å². The van der Waals surface area contributed by atoms with E-state index in [9.17, 15) is 0 Å². The van der Waals surface area contributed by atoms with Crippen LogP contribution >= 0.6 is 0 Å². The fraction of sp³-hybridized carbons (Fsp3) is 0.474. The molecule has 5 heteroatoms. The summed E-state index contributed by atoms with van der Waals surface area (Å²) in [5, 5.41) is 0. The van der Waals surface area contributed by atoms with E-state index < -0.39 is 0 Å². The standard InChI is InChI=1S/C19H25N3O2/c1-23-14-19-20-9-8-18(21-19)16-6-4-10-22(13-16)12-15-5-3-7-17(11-15)24-2/h3,5,7-9,11,16H,4,6,10,12-14H2,1-2H3. The summed E-state index contributed by atoms with van der Waals surface area (Å²) in [4.78, 5) is 11.4. The molecule has 128 valence electrons. The van der Waals surface area contributed by atoms with Crippen molar-refractivity contribution in [3.05, 3.63) is 53.6 Å². The minimum absolute atomic E-state index is 0.461. The van der Waals surface area contributed by atoms with E-state index >= 15 is 0 Å². The molecule has 1 aliphatic rings. The van der Waals surface area contributed by atoms with Gasteiger partial charge in [0.15, 0.2) is 5.82 Å². The summed E-state index contributed by atoms with van der Waals surface area (Å²) in [5.74, 6) is 2.14. The number of methoxy groups -OCH3 is 2. The zero-order chi connectivity index (χ0) is 16.8. The minimum Gasteiger partial charge on any atom is -0.497 e. The van der Waals surface area contributed by atoms with Gasteiger partial charge in [-0.15, -0.1) is 0 Å². The second kappa shape index (κ2) is 8.22. The van der Waals surface area contributed by atoms with Crippen LogP contribution in [0.1, 0.15) is 35.8 Å². The van der Waals surface area contributed by atoms with Crippen molar-refractivity contribution in [2.75, 3.05) is 27.3 Å². The predicted molar refractivity (Wildman–Crippen MR) is 93.0 cm³/mol. The number of piperidine rings is 1. The Bertz CT molecular complexity index is 663. The van der Waals surface area contributed by atoms with Crippen molar-refractivity contribution in [3.63, 3.8) is 0 Å². The smallest absolute Gasteiger partial charge is 0.154 e. The highest BCUT2D eigenvalue weighted by Gasteiger charge is 2.22. The third-order valence-corrected chi connectivity index (χ3v) is 4.46. The van der Waals surface area contributed by atoms with E-state index in [0.29, 0.717) is 12.5 Å². The minimum atomic E-state index is 0.461. The lowest BCUT2D eigenvalue weighted by Gasteiger charge is -2.32. The van der Waals surface area contributed by atoms with Crippen molar-refractivity contribution in [2.45, 2.75) is 31.9 Å². The SMILES string of the molecule is COCc1nccc(C2CCCN(Cc3cccc(OC)c3)C2)n1. The molecule has 1 aromatic heterocycles. The van der Waals surface area contributed by atoms with Crippen molar-refractivity contribution in [1.29, 1.82) is 0 Å². The topological polar surface area (TPSA) is 47.5 Å². The molecular formula is C19H25N3O2. The lowest BCUT2D eigenvalue weighted by molar-refractivity contribution is 0.176. The molecule has 2 aromatic rings. The quantitative estimate of drug-likeness (QED) is 0.816. The number of nitrogens with zero attached hydrogens (tertiary/aromatic N) is 3. The number of rotatable bonds is 6. The first kappa shape index (κ1) is 16.9. The Morgan fingerprint density at radius 2 is 2.17 bits per heavy atom. The third-order valence-electron chi connectivity index (χ3n) is 4.46. The second-order valence-electron chi connectivity index (χ2n) is 6.26. The molecule has 3 rings (SSSR count). The monoisotopic (exact) mass is 327 g/mol. The van der Waals surface area contributed by atoms with E-state index in [0.717, 1.165) is 36.9 Å². The Balaban J connectivity index is 1.66. The van der Waals surface area contributed by atoms with E-state index in [-0.39, 0.29) is 0 Å². The maximum absolute atomic E-state index is 5.32. The van der Waals surface area contributed by atoms with E-state index in [1.807, 2.05) is 18.3 Å². The van der Waals surface area contributed by atoms with Gasteiger partial charge >= 0.3 is 0 Å². The lowest BCUT2D eigenvalue weighted by Crippen LogP contribution is -2.34. The molecule has 1 aliphatic heterocycles. The average Bonchev–Trinajstić information content (AvgIpc) is 2.63. The van der Waals surface area contributed by atoms with Crippen LogP contribution < -0.4 is 4.74 Å². The van der Waals surface area contributed by atoms with Crippen LogP contribution in [0.4, 0.5) is 0 Å². The highest BCUT2D eigenvalue weighted by atomic mass is 16.5. The molecule has 1 aromatic carbocycles. The zero-order valence-electron chi connectivity index (χ0n) is 14.4. The van der Waals surface area contributed by atoms with Crippen LogP contribution in [-0.2, 0) is 17.9 Å². The Kier molecular flexibility index (Phi) is 5.77. The first-order chi connectivity index (χ1) is 11.8. The van der Waals surface area contributed by atoms with Crippen LogP contribution in [0.2, 0.25) is 0 Å². The number of benzene rings is 1. The van der Waals surface area contributed by atoms with Gasteiger partial charge in [-0.3, -0.25) is 4.90 Å². The van der Waals surface area contributed by atoms with Gasteiger partial charge in [0.2, 0.25) is 0 Å². The van der Waals surface area contributed by atoms with E-state index in [4.69, 9.17) is 9.47 Å². The first-order valence-electron chi connectivity index (χ1n) is 8.44. The van der Waals surface area contributed by atoms with Crippen molar-refractivity contribution in [3.8, 4) is 5.75 Å². The number of hydrogen-bond acceptors (Lipinski definition) is 5. The molecule has 24 heavy (non-hydrogen) atoms. The van der Waals surface area contributed by atoms with Gasteiger partial charge in [0.1, 0.15) is 12.4 Å². The molecule has 0 N–H and O–H groups in total. The number of ether oxygens (including phenoxy) is 2. The molecule has 0 saturated carbocycles. The summed E-state index contributed by atoms with van der Waals surface area (Å²) in [6, 6.07) is 10.4. The van der Waals surface area contributed by atoms with Crippen LogP contribution in [0.25, 0.3) is 0 Å². The van der Waals surface area contributed by atoms with Crippen LogP contribution in [0, 0.1) is 0 Å². The molecule has 1 atom stereocenters. The van der Waals surface area contributed by atoms with Crippen LogP contribution in [-0.4, -0.2) is 42.2 Å².